The standard InChI is InChI=1S/C22H29N2O2.HI/c1-5-21-23(6-2)19-12-7-8-13-20(19)24(21)14-18(25)15-26-22-16(3)10-9-11-17(22)4;/h7-13,18,25H,5-6,14-15H2,1-4H3;1H/q+1;/p-1. The topological polar surface area (TPSA) is 38.3 Å². The molecule has 1 aromatic heterocycles. The van der Waals surface area contributed by atoms with Gasteiger partial charge in [0.1, 0.15) is 25.0 Å². The number of aliphatic hydroxyl groups excluding tert-OH is 1. The molecule has 3 rings (SSSR count). The monoisotopic (exact) mass is 480 g/mol. The second kappa shape index (κ2) is 9.55. The summed E-state index contributed by atoms with van der Waals surface area (Å²) >= 11 is 0. The molecule has 0 aliphatic heterocycles. The summed E-state index contributed by atoms with van der Waals surface area (Å²) in [5, 5.41) is 10.7. The molecule has 0 fully saturated rings. The van der Waals surface area contributed by atoms with Crippen LogP contribution in [0.3, 0.4) is 0 Å². The molecule has 146 valence electrons. The summed E-state index contributed by atoms with van der Waals surface area (Å²) in [7, 11) is 0. The molecule has 1 N–H and O–H groups in total. The average molecular weight is 480 g/mol. The third kappa shape index (κ3) is 4.46. The molecule has 0 saturated carbocycles. The Morgan fingerprint density at radius 1 is 1.04 bits per heavy atom. The minimum absolute atomic E-state index is 0. The summed E-state index contributed by atoms with van der Waals surface area (Å²) < 4.78 is 10.5. The number of ether oxygens (including phenoxy) is 1. The van der Waals surface area contributed by atoms with Crippen LogP contribution in [0.4, 0.5) is 0 Å². The zero-order chi connectivity index (χ0) is 18.7. The van der Waals surface area contributed by atoms with Gasteiger partial charge in [0, 0.05) is 6.42 Å². The maximum atomic E-state index is 10.7. The van der Waals surface area contributed by atoms with Crippen molar-refractivity contribution in [2.75, 3.05) is 6.61 Å². The molecule has 1 heterocycles. The van der Waals surface area contributed by atoms with E-state index in [4.69, 9.17) is 4.74 Å². The lowest BCUT2D eigenvalue weighted by Gasteiger charge is -2.15. The maximum absolute atomic E-state index is 10.7. The molecule has 0 spiro atoms. The van der Waals surface area contributed by atoms with Crippen molar-refractivity contribution in [3.05, 3.63) is 59.4 Å². The van der Waals surface area contributed by atoms with Gasteiger partial charge in [0.2, 0.25) is 0 Å². The molecule has 0 radical (unpaired) electrons. The zero-order valence-electron chi connectivity index (χ0n) is 16.6. The quantitative estimate of drug-likeness (QED) is 0.397. The Labute approximate surface area is 178 Å². The fourth-order valence-corrected chi connectivity index (χ4v) is 3.75. The van der Waals surface area contributed by atoms with E-state index >= 15 is 0 Å². The molecule has 4 nitrogen and oxygen atoms in total. The van der Waals surface area contributed by atoms with E-state index < -0.39 is 6.10 Å². The number of hydrogen-bond acceptors (Lipinski definition) is 2. The van der Waals surface area contributed by atoms with E-state index in [1.54, 1.807) is 0 Å². The van der Waals surface area contributed by atoms with Crippen LogP contribution < -0.4 is 33.3 Å². The Hall–Kier alpha value is -1.60. The number of fused-ring (bicyclic) bond motifs is 1. The molecule has 1 unspecified atom stereocenters. The third-order valence-electron chi connectivity index (χ3n) is 4.94. The van der Waals surface area contributed by atoms with Crippen LogP contribution in [-0.4, -0.2) is 22.4 Å². The Morgan fingerprint density at radius 3 is 2.33 bits per heavy atom. The molecule has 2 aromatic carbocycles. The lowest BCUT2D eigenvalue weighted by molar-refractivity contribution is -0.686. The van der Waals surface area contributed by atoms with Crippen LogP contribution in [0.2, 0.25) is 0 Å². The van der Waals surface area contributed by atoms with Gasteiger partial charge in [0.05, 0.1) is 6.54 Å². The first kappa shape index (κ1) is 21.7. The average Bonchev–Trinajstić information content (AvgIpc) is 2.94. The van der Waals surface area contributed by atoms with Crippen molar-refractivity contribution in [2.24, 2.45) is 0 Å². The van der Waals surface area contributed by atoms with Gasteiger partial charge in [-0.2, -0.15) is 0 Å². The molecule has 0 bridgehead atoms. The highest BCUT2D eigenvalue weighted by atomic mass is 127. The first-order valence-electron chi connectivity index (χ1n) is 9.43. The summed E-state index contributed by atoms with van der Waals surface area (Å²) in [4.78, 5) is 0. The minimum atomic E-state index is -0.569. The van der Waals surface area contributed by atoms with Gasteiger partial charge in [-0.15, -0.1) is 0 Å². The molecule has 0 aliphatic carbocycles. The van der Waals surface area contributed by atoms with Crippen molar-refractivity contribution >= 4 is 11.0 Å². The van der Waals surface area contributed by atoms with E-state index in [0.717, 1.165) is 35.4 Å². The molecule has 1 atom stereocenters. The van der Waals surface area contributed by atoms with Crippen molar-refractivity contribution in [1.82, 2.24) is 4.57 Å². The number of imidazole rings is 1. The smallest absolute Gasteiger partial charge is 0.257 e. The van der Waals surface area contributed by atoms with Crippen molar-refractivity contribution < 1.29 is 38.4 Å². The van der Waals surface area contributed by atoms with Gasteiger partial charge in [-0.1, -0.05) is 37.3 Å². The highest BCUT2D eigenvalue weighted by Gasteiger charge is 2.24. The van der Waals surface area contributed by atoms with Gasteiger partial charge in [-0.25, -0.2) is 9.13 Å². The van der Waals surface area contributed by atoms with Gasteiger partial charge in [0.15, 0.2) is 11.0 Å². The number of halogens is 1. The van der Waals surface area contributed by atoms with E-state index in [9.17, 15) is 5.11 Å². The van der Waals surface area contributed by atoms with Crippen LogP contribution in [0, 0.1) is 13.8 Å². The fourth-order valence-electron chi connectivity index (χ4n) is 3.75. The summed E-state index contributed by atoms with van der Waals surface area (Å²) in [6, 6.07) is 14.5. The van der Waals surface area contributed by atoms with E-state index in [1.807, 2.05) is 32.0 Å². The van der Waals surface area contributed by atoms with Crippen LogP contribution in [0.25, 0.3) is 11.0 Å². The summed E-state index contributed by atoms with van der Waals surface area (Å²) in [6.07, 6.45) is 0.355. The summed E-state index contributed by atoms with van der Waals surface area (Å²) in [5.41, 5.74) is 4.58. The largest absolute Gasteiger partial charge is 1.00 e. The van der Waals surface area contributed by atoms with Crippen molar-refractivity contribution in [3.63, 3.8) is 0 Å². The maximum Gasteiger partial charge on any atom is 0.257 e. The van der Waals surface area contributed by atoms with Gasteiger partial charge in [-0.3, -0.25) is 0 Å². The molecule has 3 aromatic rings. The molecule has 27 heavy (non-hydrogen) atoms. The van der Waals surface area contributed by atoms with Gasteiger partial charge >= 0.3 is 0 Å². The summed E-state index contributed by atoms with van der Waals surface area (Å²) in [5.74, 6) is 2.11. The second-order valence-electron chi connectivity index (χ2n) is 6.80. The number of nitrogens with zero attached hydrogens (tertiary/aromatic N) is 2. The molecular formula is C22H29IN2O2. The zero-order valence-corrected chi connectivity index (χ0v) is 18.7. The van der Waals surface area contributed by atoms with Crippen LogP contribution in [-0.2, 0) is 19.5 Å². The van der Waals surface area contributed by atoms with Crippen LogP contribution >= 0.6 is 0 Å². The Bertz CT molecular complexity index is 884. The van der Waals surface area contributed by atoms with E-state index in [-0.39, 0.29) is 30.6 Å². The van der Waals surface area contributed by atoms with Gasteiger partial charge < -0.3 is 33.8 Å². The van der Waals surface area contributed by atoms with Gasteiger partial charge in [-0.05, 0) is 44.0 Å². The van der Waals surface area contributed by atoms with Crippen LogP contribution in [0.5, 0.6) is 5.75 Å². The first-order valence-corrected chi connectivity index (χ1v) is 9.43. The number of aliphatic hydroxyl groups is 1. The van der Waals surface area contributed by atoms with E-state index in [1.165, 1.54) is 11.3 Å². The third-order valence-corrected chi connectivity index (χ3v) is 4.94. The molecular weight excluding hydrogens is 451 g/mol. The second-order valence-corrected chi connectivity index (χ2v) is 6.80. The Balaban J connectivity index is 0.00000261. The van der Waals surface area contributed by atoms with Gasteiger partial charge in [0.25, 0.3) is 5.82 Å². The normalized spacial score (nSPS) is 12.0. The predicted octanol–water partition coefficient (Wildman–Crippen LogP) is 0.572. The molecule has 0 amide bonds. The lowest BCUT2D eigenvalue weighted by Crippen LogP contribution is -3.00. The Kier molecular flexibility index (Phi) is 7.68. The number of rotatable bonds is 7. The molecule has 0 aliphatic rings. The summed E-state index contributed by atoms with van der Waals surface area (Å²) in [6.45, 7) is 10.1. The molecule has 0 saturated heterocycles. The number of benzene rings is 2. The first-order chi connectivity index (χ1) is 12.6. The molecule has 5 heteroatoms. The number of hydrogen-bond donors (Lipinski definition) is 1. The van der Waals surface area contributed by atoms with Crippen LogP contribution in [0.1, 0.15) is 30.8 Å². The highest BCUT2D eigenvalue weighted by molar-refractivity contribution is 5.72. The highest BCUT2D eigenvalue weighted by Crippen LogP contribution is 2.22. The fraction of sp³-hybridized carbons (Fsp3) is 0.409. The van der Waals surface area contributed by atoms with Crippen molar-refractivity contribution in [3.8, 4) is 5.75 Å². The number of aryl methyl sites for hydroxylation is 3. The number of aromatic nitrogens is 2. The number of para-hydroxylation sites is 3. The van der Waals surface area contributed by atoms with E-state index in [0.29, 0.717) is 6.54 Å². The van der Waals surface area contributed by atoms with E-state index in [2.05, 4.69) is 47.2 Å². The van der Waals surface area contributed by atoms with Crippen molar-refractivity contribution in [2.45, 2.75) is 53.3 Å². The SMILES string of the molecule is CCc1n(CC)c2ccccc2[n+]1CC(O)COc1c(C)cccc1C.[I-]. The minimum Gasteiger partial charge on any atom is -1.00 e. The Morgan fingerprint density at radius 2 is 1.70 bits per heavy atom. The lowest BCUT2D eigenvalue weighted by atomic mass is 10.1. The predicted molar refractivity (Wildman–Crippen MR) is 105 cm³/mol. The van der Waals surface area contributed by atoms with Crippen LogP contribution in [0.15, 0.2) is 42.5 Å². The van der Waals surface area contributed by atoms with Crippen molar-refractivity contribution in [1.29, 1.82) is 0 Å².